The molecule has 282 valence electrons. The summed E-state index contributed by atoms with van der Waals surface area (Å²) in [7, 11) is 0. The lowest BCUT2D eigenvalue weighted by Gasteiger charge is -2.49. The lowest BCUT2D eigenvalue weighted by molar-refractivity contribution is 0.00355. The van der Waals surface area contributed by atoms with E-state index >= 15 is 0 Å². The Morgan fingerprint density at radius 1 is 0.240 bits per heavy atom. The van der Waals surface area contributed by atoms with Crippen LogP contribution in [0.25, 0.3) is 0 Å². The van der Waals surface area contributed by atoms with Crippen LogP contribution < -0.4 is 0 Å². The highest BCUT2D eigenvalue weighted by Gasteiger charge is 2.63. The van der Waals surface area contributed by atoms with E-state index in [9.17, 15) is 0 Å². The summed E-state index contributed by atoms with van der Waals surface area (Å²) in [4.78, 5) is 6.80. The van der Waals surface area contributed by atoms with Crippen molar-refractivity contribution >= 4 is 0 Å². The standard InChI is InChI=1S/C48H80N2/c1-3-13-33(14-4-1)35-25-27-39(28-26-35)49-43-23-9-7-21-41(43)47-45(49)29-30-46-48(47)42-22-8-10-24-44(42)50(46)40-20-12-19-38(32-40)37-18-11-17-36(31-37)34-15-5-2-6-16-34/h33-48H,1-32H2. The zero-order valence-corrected chi connectivity index (χ0v) is 32.8. The summed E-state index contributed by atoms with van der Waals surface area (Å²) in [6.07, 6.45) is 50.1. The number of hydrogen-bond acceptors (Lipinski definition) is 2. The lowest BCUT2D eigenvalue weighted by atomic mass is 9.61. The zero-order valence-electron chi connectivity index (χ0n) is 32.8. The molecule has 12 atom stereocenters. The van der Waals surface area contributed by atoms with Gasteiger partial charge in [0.25, 0.3) is 0 Å². The van der Waals surface area contributed by atoms with Gasteiger partial charge in [0, 0.05) is 36.3 Å². The Hall–Kier alpha value is -0.0800. The van der Waals surface area contributed by atoms with Crippen LogP contribution in [0.15, 0.2) is 0 Å². The summed E-state index contributed by atoms with van der Waals surface area (Å²) in [5, 5.41) is 0. The lowest BCUT2D eigenvalue weighted by Crippen LogP contribution is -2.53. The van der Waals surface area contributed by atoms with E-state index in [1.54, 1.807) is 167 Å². The molecule has 0 aromatic carbocycles. The van der Waals surface area contributed by atoms with Crippen LogP contribution in [0.3, 0.4) is 0 Å². The number of hydrogen-bond donors (Lipinski definition) is 0. The second-order valence-electron chi connectivity index (χ2n) is 21.4. The normalized spacial score (nSPS) is 49.9. The van der Waals surface area contributed by atoms with Gasteiger partial charge < -0.3 is 0 Å². The average Bonchev–Trinajstić information content (AvgIpc) is 3.72. The second kappa shape index (κ2) is 15.2. The molecule has 0 radical (unpaired) electrons. The number of nitrogens with zero attached hydrogens (tertiary/aromatic N) is 2. The van der Waals surface area contributed by atoms with Gasteiger partial charge in [-0.1, -0.05) is 122 Å². The van der Waals surface area contributed by atoms with Crippen molar-refractivity contribution in [2.75, 3.05) is 0 Å². The van der Waals surface area contributed by atoms with Crippen LogP contribution in [0.4, 0.5) is 0 Å². The van der Waals surface area contributed by atoms with Gasteiger partial charge in [-0.3, -0.25) is 9.80 Å². The summed E-state index contributed by atoms with van der Waals surface area (Å²) in [5.41, 5.74) is 0. The van der Waals surface area contributed by atoms with Crippen LogP contribution in [0.1, 0.15) is 205 Å². The van der Waals surface area contributed by atoms with Gasteiger partial charge in [-0.2, -0.15) is 0 Å². The number of rotatable bonds is 5. The molecule has 0 aromatic heterocycles. The average molecular weight is 685 g/mol. The van der Waals surface area contributed by atoms with E-state index < -0.39 is 0 Å². The van der Waals surface area contributed by atoms with Gasteiger partial charge in [0.05, 0.1) is 0 Å². The fraction of sp³-hybridized carbons (Fsp3) is 1.00. The molecule has 2 heterocycles. The van der Waals surface area contributed by atoms with Crippen LogP contribution in [-0.2, 0) is 0 Å². The molecule has 2 aliphatic heterocycles. The van der Waals surface area contributed by atoms with E-state index in [0.29, 0.717) is 0 Å². The maximum atomic E-state index is 3.42. The van der Waals surface area contributed by atoms with Crippen molar-refractivity contribution in [3.63, 3.8) is 0 Å². The van der Waals surface area contributed by atoms with Crippen molar-refractivity contribution in [3.8, 4) is 0 Å². The first kappa shape index (κ1) is 34.4. The predicted octanol–water partition coefficient (Wildman–Crippen LogP) is 12.6. The molecule has 0 amide bonds. The summed E-state index contributed by atoms with van der Waals surface area (Å²) in [5.74, 6) is 10.7. The van der Waals surface area contributed by atoms with E-state index in [1.807, 2.05) is 0 Å². The largest absolute Gasteiger partial charge is 0.294 e. The topological polar surface area (TPSA) is 6.48 Å². The van der Waals surface area contributed by atoms with Gasteiger partial charge in [0.15, 0.2) is 0 Å². The smallest absolute Gasteiger partial charge is 0.0137 e. The summed E-state index contributed by atoms with van der Waals surface area (Å²) >= 11 is 0. The van der Waals surface area contributed by atoms with Crippen LogP contribution in [0.5, 0.6) is 0 Å². The third-order valence-corrected chi connectivity index (χ3v) is 19.5. The maximum Gasteiger partial charge on any atom is 0.0137 e. The first-order valence-electron chi connectivity index (χ1n) is 24.4. The Labute approximate surface area is 309 Å². The first-order chi connectivity index (χ1) is 24.8. The summed E-state index contributed by atoms with van der Waals surface area (Å²) in [6, 6.07) is 5.73. The van der Waals surface area contributed by atoms with Gasteiger partial charge in [0.2, 0.25) is 0 Å². The molecule has 0 bridgehead atoms. The molecule has 8 aliphatic carbocycles. The Bertz CT molecular complexity index is 1100. The highest BCUT2D eigenvalue weighted by molar-refractivity contribution is 5.16. The third kappa shape index (κ3) is 6.35. The van der Waals surface area contributed by atoms with E-state index in [0.717, 1.165) is 95.4 Å². The molecule has 8 saturated carbocycles. The van der Waals surface area contributed by atoms with Crippen LogP contribution in [0, 0.1) is 59.2 Å². The van der Waals surface area contributed by atoms with Crippen molar-refractivity contribution in [3.05, 3.63) is 0 Å². The maximum absolute atomic E-state index is 3.42. The zero-order chi connectivity index (χ0) is 33.0. The molecule has 10 rings (SSSR count). The molecule has 10 fully saturated rings. The number of likely N-dealkylation sites (tertiary alicyclic amines) is 2. The van der Waals surface area contributed by atoms with Gasteiger partial charge >= 0.3 is 0 Å². The van der Waals surface area contributed by atoms with E-state index in [1.165, 1.54) is 38.5 Å². The Morgan fingerprint density at radius 3 is 1.26 bits per heavy atom. The Balaban J connectivity index is 0.862. The van der Waals surface area contributed by atoms with Gasteiger partial charge in [-0.05, 0) is 143 Å². The minimum Gasteiger partial charge on any atom is -0.294 e. The first-order valence-corrected chi connectivity index (χ1v) is 24.4. The molecule has 2 saturated heterocycles. The van der Waals surface area contributed by atoms with Gasteiger partial charge in [-0.25, -0.2) is 0 Å². The molecule has 12 unspecified atom stereocenters. The minimum atomic E-state index is 0.940. The molecule has 0 N–H and O–H groups in total. The number of fused-ring (bicyclic) bond motifs is 7. The Kier molecular flexibility index (Phi) is 10.5. The highest BCUT2D eigenvalue weighted by atomic mass is 15.3. The fourth-order valence-corrected chi connectivity index (χ4v) is 17.7. The van der Waals surface area contributed by atoms with Crippen LogP contribution in [0.2, 0.25) is 0 Å². The SMILES string of the molecule is C1CCC(C2CCC(N3C4CCCCC4C4C5C6CCCCC6N(C6CCCC(C7CCCC(C8CCCCC8)C7)C6)C5CCC43)CC2)CC1. The molecule has 0 aromatic rings. The molecule has 2 nitrogen and oxygen atoms in total. The highest BCUT2D eigenvalue weighted by Crippen LogP contribution is 2.61. The van der Waals surface area contributed by atoms with E-state index in [4.69, 9.17) is 0 Å². The van der Waals surface area contributed by atoms with Crippen LogP contribution >= 0.6 is 0 Å². The van der Waals surface area contributed by atoms with Gasteiger partial charge in [0.1, 0.15) is 0 Å². The monoisotopic (exact) mass is 685 g/mol. The molecule has 0 spiro atoms. The second-order valence-corrected chi connectivity index (χ2v) is 21.4. The Morgan fingerprint density at radius 2 is 0.660 bits per heavy atom. The van der Waals surface area contributed by atoms with Crippen molar-refractivity contribution in [2.45, 2.75) is 242 Å². The van der Waals surface area contributed by atoms with Crippen molar-refractivity contribution in [1.29, 1.82) is 0 Å². The molecule has 50 heavy (non-hydrogen) atoms. The van der Waals surface area contributed by atoms with Gasteiger partial charge in [-0.15, -0.1) is 0 Å². The molecule has 2 heteroatoms. The summed E-state index contributed by atoms with van der Waals surface area (Å²) in [6.45, 7) is 0. The van der Waals surface area contributed by atoms with E-state index in [2.05, 4.69) is 9.80 Å². The summed E-state index contributed by atoms with van der Waals surface area (Å²) < 4.78 is 0. The van der Waals surface area contributed by atoms with E-state index in [-0.39, 0.29) is 0 Å². The fourth-order valence-electron chi connectivity index (χ4n) is 17.7. The van der Waals surface area contributed by atoms with Crippen LogP contribution in [-0.4, -0.2) is 46.1 Å². The molecular weight excluding hydrogens is 605 g/mol. The predicted molar refractivity (Wildman–Crippen MR) is 209 cm³/mol. The van der Waals surface area contributed by atoms with Crippen molar-refractivity contribution in [1.82, 2.24) is 9.80 Å². The molecule has 10 aliphatic rings. The third-order valence-electron chi connectivity index (χ3n) is 19.5. The quantitative estimate of drug-likeness (QED) is 0.284. The minimum absolute atomic E-state index is 0.940. The molecular formula is C48H80N2. The van der Waals surface area contributed by atoms with Crippen molar-refractivity contribution < 1.29 is 0 Å². The van der Waals surface area contributed by atoms with Crippen molar-refractivity contribution in [2.24, 2.45) is 59.2 Å².